The Morgan fingerprint density at radius 2 is 1.92 bits per heavy atom. The molecule has 11 heteroatoms. The van der Waals surface area contributed by atoms with E-state index in [1.807, 2.05) is 0 Å². The number of sulfonamides is 1. The maximum absolute atomic E-state index is 12.9. The molecule has 0 saturated carbocycles. The number of carboxylic acids is 1. The van der Waals surface area contributed by atoms with Gasteiger partial charge in [0.25, 0.3) is 5.69 Å². The molecule has 2 rings (SSSR count). The van der Waals surface area contributed by atoms with Crippen molar-refractivity contribution in [2.75, 3.05) is 6.54 Å². The summed E-state index contributed by atoms with van der Waals surface area (Å²) >= 11 is 0. The average molecular weight is 385 g/mol. The van der Waals surface area contributed by atoms with E-state index in [0.29, 0.717) is 12.8 Å². The van der Waals surface area contributed by atoms with Crippen molar-refractivity contribution in [3.05, 3.63) is 34.4 Å². The summed E-state index contributed by atoms with van der Waals surface area (Å²) in [4.78, 5) is 33.2. The summed E-state index contributed by atoms with van der Waals surface area (Å²) < 4.78 is 26.8. The molecule has 0 spiro atoms. The lowest BCUT2D eigenvalue weighted by atomic mass is 10.0. The maximum atomic E-state index is 12.9. The number of rotatable bonds is 6. The number of carboxylic acid groups (broad SMARTS) is 1. The fourth-order valence-corrected chi connectivity index (χ4v) is 4.36. The first kappa shape index (κ1) is 19.8. The summed E-state index contributed by atoms with van der Waals surface area (Å²) in [7, 11) is -4.05. The topological polar surface area (TPSA) is 147 Å². The quantitative estimate of drug-likeness (QED) is 0.542. The van der Waals surface area contributed by atoms with Crippen LogP contribution in [0.3, 0.4) is 0 Å². The second kappa shape index (κ2) is 7.79. The Labute approximate surface area is 150 Å². The molecule has 1 fully saturated rings. The number of nitro groups is 1. The molecule has 1 aliphatic rings. The summed E-state index contributed by atoms with van der Waals surface area (Å²) in [5, 5.41) is 21.9. The molecule has 1 aromatic rings. The lowest BCUT2D eigenvalue weighted by molar-refractivity contribution is -0.384. The van der Waals surface area contributed by atoms with Gasteiger partial charge in [0.05, 0.1) is 9.82 Å². The highest BCUT2D eigenvalue weighted by atomic mass is 32.2. The van der Waals surface area contributed by atoms with E-state index < -0.39 is 38.9 Å². The number of amides is 1. The van der Waals surface area contributed by atoms with Crippen molar-refractivity contribution in [1.29, 1.82) is 0 Å². The van der Waals surface area contributed by atoms with E-state index in [2.05, 4.69) is 5.32 Å². The van der Waals surface area contributed by atoms with Gasteiger partial charge < -0.3 is 10.4 Å². The number of hydrogen-bond donors (Lipinski definition) is 2. The Hall–Kier alpha value is -2.53. The number of aliphatic carboxylic acids is 1. The van der Waals surface area contributed by atoms with Gasteiger partial charge in [0.2, 0.25) is 15.9 Å². The molecule has 1 aromatic carbocycles. The van der Waals surface area contributed by atoms with Crippen LogP contribution in [0.25, 0.3) is 0 Å². The third-order valence-electron chi connectivity index (χ3n) is 4.14. The molecule has 26 heavy (non-hydrogen) atoms. The number of carbonyl (C=O) groups is 2. The predicted octanol–water partition coefficient (Wildman–Crippen LogP) is 0.727. The molecule has 1 aliphatic heterocycles. The van der Waals surface area contributed by atoms with E-state index in [4.69, 9.17) is 5.11 Å². The zero-order valence-corrected chi connectivity index (χ0v) is 14.8. The lowest BCUT2D eigenvalue weighted by Crippen LogP contribution is -2.54. The third-order valence-corrected chi connectivity index (χ3v) is 6.06. The van der Waals surface area contributed by atoms with Gasteiger partial charge in [-0.05, 0) is 31.9 Å². The minimum absolute atomic E-state index is 0.110. The molecular formula is C15H19N3O7S. The molecule has 2 atom stereocenters. The van der Waals surface area contributed by atoms with Gasteiger partial charge in [0, 0.05) is 18.7 Å². The van der Waals surface area contributed by atoms with Gasteiger partial charge in [-0.3, -0.25) is 19.7 Å². The number of nitro benzene ring substituents is 1. The normalized spacial score (nSPS) is 19.5. The Morgan fingerprint density at radius 1 is 1.31 bits per heavy atom. The standard InChI is InChI=1S/C15H19N3O7S/c1-10(15(20)21)16-14(19)13-4-2-3-9-17(13)26(24,25)12-7-5-11(6-8-12)18(22)23/h5-8,10,13H,2-4,9H2,1H3,(H,16,19)(H,20,21)/t10-,13?/m0/s1. The van der Waals surface area contributed by atoms with Crippen molar-refractivity contribution < 1.29 is 28.0 Å². The summed E-state index contributed by atoms with van der Waals surface area (Å²) in [6.07, 6.45) is 1.46. The van der Waals surface area contributed by atoms with Crippen LogP contribution in [0.1, 0.15) is 26.2 Å². The van der Waals surface area contributed by atoms with E-state index in [0.717, 1.165) is 28.6 Å². The van der Waals surface area contributed by atoms with Crippen LogP contribution in [-0.4, -0.2) is 53.3 Å². The molecule has 0 bridgehead atoms. The Balaban J connectivity index is 2.28. The maximum Gasteiger partial charge on any atom is 0.325 e. The predicted molar refractivity (Wildman–Crippen MR) is 89.9 cm³/mol. The fourth-order valence-electron chi connectivity index (χ4n) is 2.70. The highest BCUT2D eigenvalue weighted by molar-refractivity contribution is 7.89. The van der Waals surface area contributed by atoms with Gasteiger partial charge >= 0.3 is 5.97 Å². The zero-order valence-electron chi connectivity index (χ0n) is 14.0. The summed E-state index contributed by atoms with van der Waals surface area (Å²) in [5.41, 5.74) is -0.243. The van der Waals surface area contributed by atoms with E-state index in [1.54, 1.807) is 0 Å². The Bertz CT molecular complexity index is 807. The summed E-state index contributed by atoms with van der Waals surface area (Å²) in [6.45, 7) is 1.40. The molecule has 2 N–H and O–H groups in total. The first-order chi connectivity index (χ1) is 12.1. The number of benzene rings is 1. The smallest absolute Gasteiger partial charge is 0.325 e. The Morgan fingerprint density at radius 3 is 2.46 bits per heavy atom. The minimum atomic E-state index is -4.05. The molecule has 0 aromatic heterocycles. The highest BCUT2D eigenvalue weighted by Crippen LogP contribution is 2.26. The monoisotopic (exact) mass is 385 g/mol. The van der Waals surface area contributed by atoms with E-state index >= 15 is 0 Å². The van der Waals surface area contributed by atoms with Crippen LogP contribution in [0.5, 0.6) is 0 Å². The minimum Gasteiger partial charge on any atom is -0.480 e. The average Bonchev–Trinajstić information content (AvgIpc) is 2.61. The van der Waals surface area contributed by atoms with Crippen LogP contribution >= 0.6 is 0 Å². The van der Waals surface area contributed by atoms with Crippen molar-refractivity contribution in [2.45, 2.75) is 43.2 Å². The summed E-state index contributed by atoms with van der Waals surface area (Å²) in [6, 6.07) is 2.24. The van der Waals surface area contributed by atoms with E-state index in [1.165, 1.54) is 6.92 Å². The number of non-ortho nitro benzene ring substituents is 1. The van der Waals surface area contributed by atoms with Crippen molar-refractivity contribution in [2.24, 2.45) is 0 Å². The molecule has 0 aliphatic carbocycles. The SMILES string of the molecule is C[C@H](NC(=O)C1CCCCN1S(=O)(=O)c1ccc([N+](=O)[O-])cc1)C(=O)O. The van der Waals surface area contributed by atoms with Crippen LogP contribution in [-0.2, 0) is 19.6 Å². The molecule has 1 saturated heterocycles. The van der Waals surface area contributed by atoms with Crippen LogP contribution in [0.15, 0.2) is 29.2 Å². The van der Waals surface area contributed by atoms with E-state index in [9.17, 15) is 28.1 Å². The van der Waals surface area contributed by atoms with Crippen molar-refractivity contribution in [3.63, 3.8) is 0 Å². The van der Waals surface area contributed by atoms with Crippen LogP contribution < -0.4 is 5.32 Å². The van der Waals surface area contributed by atoms with Gasteiger partial charge in [0.1, 0.15) is 12.1 Å². The molecular weight excluding hydrogens is 366 g/mol. The van der Waals surface area contributed by atoms with Crippen molar-refractivity contribution in [1.82, 2.24) is 9.62 Å². The zero-order chi connectivity index (χ0) is 19.5. The number of hydrogen-bond acceptors (Lipinski definition) is 6. The second-order valence-corrected chi connectivity index (χ2v) is 7.84. The largest absolute Gasteiger partial charge is 0.480 e. The van der Waals surface area contributed by atoms with Gasteiger partial charge in [-0.15, -0.1) is 0 Å². The second-order valence-electron chi connectivity index (χ2n) is 5.95. The lowest BCUT2D eigenvalue weighted by Gasteiger charge is -2.34. The summed E-state index contributed by atoms with van der Waals surface area (Å²) in [5.74, 6) is -1.90. The van der Waals surface area contributed by atoms with Gasteiger partial charge in [-0.2, -0.15) is 4.31 Å². The van der Waals surface area contributed by atoms with Crippen molar-refractivity contribution in [3.8, 4) is 0 Å². The van der Waals surface area contributed by atoms with Gasteiger partial charge in [-0.25, -0.2) is 8.42 Å². The van der Waals surface area contributed by atoms with Crippen LogP contribution in [0.4, 0.5) is 5.69 Å². The molecule has 10 nitrogen and oxygen atoms in total. The van der Waals surface area contributed by atoms with E-state index in [-0.39, 0.29) is 23.5 Å². The van der Waals surface area contributed by atoms with Gasteiger partial charge in [0.15, 0.2) is 0 Å². The first-order valence-electron chi connectivity index (χ1n) is 7.94. The number of nitrogens with one attached hydrogen (secondary N) is 1. The first-order valence-corrected chi connectivity index (χ1v) is 9.38. The van der Waals surface area contributed by atoms with Crippen LogP contribution in [0.2, 0.25) is 0 Å². The molecule has 1 unspecified atom stereocenters. The fraction of sp³-hybridized carbons (Fsp3) is 0.467. The van der Waals surface area contributed by atoms with Crippen LogP contribution in [0, 0.1) is 10.1 Å². The molecule has 1 amide bonds. The Kier molecular flexibility index (Phi) is 5.93. The molecule has 1 heterocycles. The number of nitrogens with zero attached hydrogens (tertiary/aromatic N) is 2. The highest BCUT2D eigenvalue weighted by Gasteiger charge is 2.38. The van der Waals surface area contributed by atoms with Crippen molar-refractivity contribution >= 4 is 27.6 Å². The number of piperidine rings is 1. The molecule has 0 radical (unpaired) electrons. The van der Waals surface area contributed by atoms with Gasteiger partial charge in [-0.1, -0.05) is 6.42 Å². The third kappa shape index (κ3) is 4.17. The molecule has 142 valence electrons. The number of carbonyl (C=O) groups excluding carboxylic acids is 1.